The quantitative estimate of drug-likeness (QED) is 0.0325. The van der Waals surface area contributed by atoms with Crippen molar-refractivity contribution in [1.82, 2.24) is 19.9 Å². The number of aliphatic carboxylic acids is 4. The van der Waals surface area contributed by atoms with Crippen molar-refractivity contribution in [1.29, 1.82) is 0 Å². The lowest BCUT2D eigenvalue weighted by Crippen LogP contribution is -2.32. The van der Waals surface area contributed by atoms with Crippen molar-refractivity contribution in [2.24, 2.45) is 5.73 Å². The fourth-order valence-electron chi connectivity index (χ4n) is 6.12. The summed E-state index contributed by atoms with van der Waals surface area (Å²) in [6, 6.07) is 29.5. The summed E-state index contributed by atoms with van der Waals surface area (Å²) in [6.45, 7) is 0. The van der Waals surface area contributed by atoms with Crippen LogP contribution in [0.15, 0.2) is 122 Å². The largest absolute Gasteiger partial charge is 0.481 e. The number of hydrogen-bond donors (Lipinski definition) is 15. The van der Waals surface area contributed by atoms with E-state index in [-0.39, 0.29) is 78.7 Å². The first-order chi connectivity index (χ1) is 30.8. The number of ketones is 2. The van der Waals surface area contributed by atoms with Gasteiger partial charge in [-0.2, -0.15) is 0 Å². The molecule has 0 spiro atoms. The molecule has 8 rings (SSSR count). The van der Waals surface area contributed by atoms with E-state index in [0.29, 0.717) is 6.42 Å². The Hall–Kier alpha value is -8.02. The zero-order valence-electron chi connectivity index (χ0n) is 33.5. The Labute approximate surface area is 419 Å². The summed E-state index contributed by atoms with van der Waals surface area (Å²) < 4.78 is 0. The Morgan fingerprint density at radius 2 is 0.625 bits per heavy atom. The number of carboxylic acids is 4. The number of Topliss-reactive ketones (excluding diaryl/α,β-unsaturated/α-hetero) is 2. The fraction of sp³-hybridized carbons (Fsp3) is 0.255. The third kappa shape index (κ3) is 23.1. The molecule has 0 saturated carbocycles. The van der Waals surface area contributed by atoms with Gasteiger partial charge >= 0.3 is 23.9 Å². The number of nitrogens with one attached hydrogen (secondary N) is 4. The maximum atomic E-state index is 11.0. The molecule has 8 aromatic rings. The molecule has 0 radical (unpaired) electrons. The zero-order valence-corrected chi connectivity index (χ0v) is 33.5. The van der Waals surface area contributed by atoms with E-state index in [4.69, 9.17) is 57.7 Å². The van der Waals surface area contributed by atoms with Crippen LogP contribution in [-0.4, -0.2) is 113 Å². The van der Waals surface area contributed by atoms with Crippen molar-refractivity contribution >= 4 is 79.1 Å². The van der Waals surface area contributed by atoms with Gasteiger partial charge in [0.05, 0.1) is 6.42 Å². The average molecular weight is 1020 g/mol. The van der Waals surface area contributed by atoms with E-state index in [1.54, 1.807) is 18.6 Å². The molecule has 21 heteroatoms. The van der Waals surface area contributed by atoms with Crippen molar-refractivity contribution in [2.45, 2.75) is 91.1 Å². The van der Waals surface area contributed by atoms with Crippen LogP contribution < -0.4 is 5.73 Å². The number of carbonyl (C=O) groups excluding carboxylic acids is 2. The number of carboxylic acid groups (broad SMARTS) is 4. The maximum absolute atomic E-state index is 11.0. The van der Waals surface area contributed by atoms with Gasteiger partial charge in [0.25, 0.3) is 0 Å². The molecule has 4 aromatic heterocycles. The minimum Gasteiger partial charge on any atom is -0.481 e. The summed E-state index contributed by atoms with van der Waals surface area (Å²) >= 11 is 0. The maximum Gasteiger partial charge on any atom is 0.372 e. The number of hydrogen-bond acceptors (Lipinski definition) is 13. The van der Waals surface area contributed by atoms with Gasteiger partial charge < -0.3 is 46.1 Å². The topological polar surface area (TPSA) is 394 Å². The molecule has 0 saturated heterocycles. The van der Waals surface area contributed by atoms with E-state index in [0.717, 1.165) is 65.9 Å². The van der Waals surface area contributed by atoms with Crippen LogP contribution in [0, 0.1) is 0 Å². The zero-order chi connectivity index (χ0) is 47.8. The molecule has 0 aliphatic carbocycles. The number of nitrogens with two attached hydrogens (primary N) is 1. The third-order valence-electron chi connectivity index (χ3n) is 8.98. The molecule has 1 unspecified atom stereocenters. The molecule has 0 amide bonds. The highest BCUT2D eigenvalue weighted by molar-refractivity contribution is 6.33. The van der Waals surface area contributed by atoms with E-state index in [9.17, 15) is 28.8 Å². The molecule has 72 heavy (non-hydrogen) atoms. The summed E-state index contributed by atoms with van der Waals surface area (Å²) in [5, 5.41) is 74.2. The summed E-state index contributed by atoms with van der Waals surface area (Å²) in [7, 11) is 0. The Morgan fingerprint density at radius 1 is 0.389 bits per heavy atom. The Morgan fingerprint density at radius 3 is 0.875 bits per heavy atom. The van der Waals surface area contributed by atoms with E-state index in [1.807, 2.05) is 103 Å². The van der Waals surface area contributed by atoms with Crippen molar-refractivity contribution in [3.8, 4) is 0 Å². The van der Waals surface area contributed by atoms with E-state index < -0.39 is 41.5 Å². The molecule has 21 nitrogen and oxygen atoms in total. The standard InChI is InChI=1S/C11H12N2O2.2C11H9NO3.C10H9NO2.8CH4.3H2O2/c12-9(11(14)15)5-7-6-13-10-4-2-1-3-8(7)10;2*13-10(11(14)15)5-7-6-12-9-4-2-1-3-8(7)9;12-10(13)5-7-6-11-9-4-2-1-3-8(7)9;;;;;;;;;3*1-2/h1-4,6,9,13H,5,12H2,(H,14,15);2*1-4,6,12H,5H2,(H,14,15);1-4,6,11H,5H2,(H,12,13);8*1H4;3*1-2H. The number of carbonyl (C=O) groups is 6. The highest BCUT2D eigenvalue weighted by Crippen LogP contribution is 2.21. The lowest BCUT2D eigenvalue weighted by Gasteiger charge is -2.04. The predicted octanol–water partition coefficient (Wildman–Crippen LogP) is 10.8. The summed E-state index contributed by atoms with van der Waals surface area (Å²) in [4.78, 5) is 76.1. The number of aromatic amines is 4. The number of benzene rings is 4. The van der Waals surface area contributed by atoms with Crippen LogP contribution in [0.4, 0.5) is 0 Å². The monoisotopic (exact) mass is 1020 g/mol. The molecule has 0 bridgehead atoms. The lowest BCUT2D eigenvalue weighted by atomic mass is 10.1. The van der Waals surface area contributed by atoms with Crippen LogP contribution >= 0.6 is 0 Å². The predicted molar refractivity (Wildman–Crippen MR) is 286 cm³/mol. The van der Waals surface area contributed by atoms with Gasteiger partial charge in [-0.1, -0.05) is 132 Å². The van der Waals surface area contributed by atoms with Gasteiger partial charge in [0.1, 0.15) is 6.04 Å². The molecule has 0 aliphatic rings. The van der Waals surface area contributed by atoms with Crippen LogP contribution in [0.2, 0.25) is 0 Å². The minimum absolute atomic E-state index is 0. The van der Waals surface area contributed by atoms with Gasteiger partial charge in [0.2, 0.25) is 11.6 Å². The first-order valence-corrected chi connectivity index (χ1v) is 18.3. The highest BCUT2D eigenvalue weighted by Gasteiger charge is 2.16. The molecule has 0 aliphatic heterocycles. The smallest absolute Gasteiger partial charge is 0.372 e. The third-order valence-corrected chi connectivity index (χ3v) is 8.98. The fourth-order valence-corrected chi connectivity index (χ4v) is 6.12. The average Bonchev–Trinajstić information content (AvgIpc) is 4.12. The number of para-hydroxylation sites is 4. The van der Waals surface area contributed by atoms with Gasteiger partial charge in [0.15, 0.2) is 0 Å². The number of rotatable bonds is 11. The number of aromatic nitrogens is 4. The van der Waals surface area contributed by atoms with Gasteiger partial charge in [-0.05, 0) is 46.5 Å². The highest BCUT2D eigenvalue weighted by atomic mass is 17.0. The summed E-state index contributed by atoms with van der Waals surface area (Å²) in [6.07, 6.45) is 7.19. The Balaban J connectivity index is -0.000000146. The summed E-state index contributed by atoms with van der Waals surface area (Å²) in [5.41, 5.74) is 12.5. The SMILES string of the molecule is C.C.C.C.C.C.C.C.NC(Cc1c[nH]c2ccccc12)C(=O)O.O=C(O)C(=O)Cc1c[nH]c2ccccc12.O=C(O)C(=O)Cc1c[nH]c2ccccc12.O=C(O)Cc1c[nH]c2ccccc12.OO.OO.OO. The Kier molecular flexibility index (Phi) is 44.3. The molecular weight excluding hydrogens is 939 g/mol. The van der Waals surface area contributed by atoms with Gasteiger partial charge in [-0.3, -0.25) is 50.7 Å². The molecule has 402 valence electrons. The van der Waals surface area contributed by atoms with Crippen LogP contribution in [0.25, 0.3) is 43.6 Å². The van der Waals surface area contributed by atoms with Crippen LogP contribution in [0.3, 0.4) is 0 Å². The van der Waals surface area contributed by atoms with Crippen molar-refractivity contribution in [2.75, 3.05) is 0 Å². The molecule has 4 aromatic carbocycles. The number of H-pyrrole nitrogens is 4. The first-order valence-electron chi connectivity index (χ1n) is 18.3. The minimum atomic E-state index is -1.39. The second-order valence-corrected chi connectivity index (χ2v) is 13.0. The lowest BCUT2D eigenvalue weighted by molar-refractivity contribution is -0.176. The molecule has 1 atom stereocenters. The second kappa shape index (κ2) is 40.8. The van der Waals surface area contributed by atoms with Gasteiger partial charge in [-0.15, -0.1) is 0 Å². The van der Waals surface area contributed by atoms with Crippen molar-refractivity contribution in [3.05, 3.63) is 144 Å². The molecule has 16 N–H and O–H groups in total. The van der Waals surface area contributed by atoms with Crippen LogP contribution in [-0.2, 0) is 54.5 Å². The number of fused-ring (bicyclic) bond motifs is 4. The van der Waals surface area contributed by atoms with E-state index in [1.165, 1.54) is 0 Å². The van der Waals surface area contributed by atoms with Gasteiger partial charge in [-0.25, -0.2) is 9.59 Å². The van der Waals surface area contributed by atoms with Crippen molar-refractivity contribution in [3.63, 3.8) is 0 Å². The van der Waals surface area contributed by atoms with Crippen LogP contribution in [0.5, 0.6) is 0 Å². The van der Waals surface area contributed by atoms with Crippen molar-refractivity contribution < 1.29 is 80.7 Å². The molecule has 4 heterocycles. The van der Waals surface area contributed by atoms with Crippen LogP contribution in [0.1, 0.15) is 81.7 Å². The van der Waals surface area contributed by atoms with Gasteiger partial charge in [0, 0.05) is 87.7 Å². The summed E-state index contributed by atoms with van der Waals surface area (Å²) in [5.74, 6) is -6.13. The second-order valence-electron chi connectivity index (χ2n) is 13.0. The normalized spacial score (nSPS) is 9.15. The Bertz CT molecular complexity index is 2660. The molecular formula is C51H77N5O16. The molecule has 0 fully saturated rings. The van der Waals surface area contributed by atoms with E-state index >= 15 is 0 Å². The van der Waals surface area contributed by atoms with E-state index in [2.05, 4.69) is 19.9 Å². The first kappa shape index (κ1) is 78.2.